The first kappa shape index (κ1) is 20.5. The Labute approximate surface area is 204 Å². The Bertz CT molecular complexity index is 1270. The van der Waals surface area contributed by atoms with Crippen molar-refractivity contribution >= 4 is 23.4 Å². The van der Waals surface area contributed by atoms with Crippen LogP contribution in [0.2, 0.25) is 5.02 Å². The normalized spacial score (nSPS) is 20.9. The summed E-state index contributed by atoms with van der Waals surface area (Å²) in [4.78, 5) is 12.0. The number of ether oxygens (including phenoxy) is 1. The fourth-order valence-corrected chi connectivity index (χ4v) is 6.04. The molecule has 1 spiro atoms. The van der Waals surface area contributed by atoms with Crippen LogP contribution >= 0.6 is 11.6 Å². The Kier molecular flexibility index (Phi) is 4.42. The molecule has 4 aliphatic rings. The first-order chi connectivity index (χ1) is 16.5. The average Bonchev–Trinajstić information content (AvgIpc) is 3.55. The van der Waals surface area contributed by atoms with Crippen molar-refractivity contribution in [1.29, 1.82) is 0 Å². The molecule has 34 heavy (non-hydrogen) atoms. The SMILES string of the molecule is COc1ccc(C)nc1N1CC2(C1)CN(c1nnc3n1-c1ccc(Cl)cc1CN(C1CC1)C3)C2. The van der Waals surface area contributed by atoms with Crippen molar-refractivity contribution in [2.45, 2.75) is 38.9 Å². The molecule has 0 amide bonds. The molecule has 3 fully saturated rings. The maximum atomic E-state index is 6.39. The number of nitrogens with zero attached hydrogens (tertiary/aromatic N) is 7. The number of rotatable bonds is 4. The van der Waals surface area contributed by atoms with Gasteiger partial charge in [-0.3, -0.25) is 9.47 Å². The van der Waals surface area contributed by atoms with Gasteiger partial charge in [-0.25, -0.2) is 4.98 Å². The van der Waals surface area contributed by atoms with Crippen LogP contribution in [0.15, 0.2) is 30.3 Å². The summed E-state index contributed by atoms with van der Waals surface area (Å²) in [5, 5.41) is 10.1. The van der Waals surface area contributed by atoms with Crippen LogP contribution in [-0.4, -0.2) is 64.0 Å². The molecule has 0 unspecified atom stereocenters. The highest BCUT2D eigenvalue weighted by atomic mass is 35.5. The van der Waals surface area contributed by atoms with Gasteiger partial charge in [0.25, 0.3) is 0 Å². The van der Waals surface area contributed by atoms with Gasteiger partial charge in [-0.2, -0.15) is 0 Å². The number of aromatic nitrogens is 4. The Hall–Kier alpha value is -2.84. The van der Waals surface area contributed by atoms with Crippen molar-refractivity contribution in [2.75, 3.05) is 43.1 Å². The third-order valence-corrected chi connectivity index (χ3v) is 7.90. The van der Waals surface area contributed by atoms with Gasteiger partial charge < -0.3 is 14.5 Å². The summed E-state index contributed by atoms with van der Waals surface area (Å²) in [6.45, 7) is 7.69. The smallest absolute Gasteiger partial charge is 0.231 e. The number of pyridine rings is 1. The summed E-state index contributed by atoms with van der Waals surface area (Å²) >= 11 is 6.39. The second kappa shape index (κ2) is 7.33. The minimum atomic E-state index is 0.274. The molecule has 5 heterocycles. The minimum Gasteiger partial charge on any atom is -0.493 e. The largest absolute Gasteiger partial charge is 0.493 e. The zero-order valence-corrected chi connectivity index (χ0v) is 20.3. The van der Waals surface area contributed by atoms with Gasteiger partial charge in [-0.15, -0.1) is 10.2 Å². The van der Waals surface area contributed by atoms with Crippen molar-refractivity contribution in [3.05, 3.63) is 52.4 Å². The van der Waals surface area contributed by atoms with Gasteiger partial charge in [-0.1, -0.05) is 11.6 Å². The van der Waals surface area contributed by atoms with E-state index in [0.29, 0.717) is 6.04 Å². The fourth-order valence-electron chi connectivity index (χ4n) is 5.85. The zero-order chi connectivity index (χ0) is 23.0. The molecular weight excluding hydrogens is 450 g/mol. The Balaban J connectivity index is 1.13. The maximum Gasteiger partial charge on any atom is 0.231 e. The van der Waals surface area contributed by atoms with E-state index in [2.05, 4.69) is 41.6 Å². The number of aryl methyl sites for hydroxylation is 1. The standard InChI is InChI=1S/C25H28ClN7O/c1-16-3-8-21(34-2)23(27-16)31-12-25(13-31)14-32(15-25)24-29-28-22-11-30(19-5-6-19)10-17-9-18(26)4-7-20(17)33(22)24/h3-4,7-9,19H,5-6,10-15H2,1-2H3. The molecule has 176 valence electrons. The number of hydrogen-bond acceptors (Lipinski definition) is 7. The number of halogens is 1. The van der Waals surface area contributed by atoms with Gasteiger partial charge in [0.2, 0.25) is 5.95 Å². The molecule has 3 aromatic rings. The molecule has 0 N–H and O–H groups in total. The van der Waals surface area contributed by atoms with Crippen LogP contribution in [0.4, 0.5) is 11.8 Å². The lowest BCUT2D eigenvalue weighted by atomic mass is 9.73. The van der Waals surface area contributed by atoms with E-state index in [1.54, 1.807) is 7.11 Å². The van der Waals surface area contributed by atoms with Gasteiger partial charge >= 0.3 is 0 Å². The molecule has 0 atom stereocenters. The van der Waals surface area contributed by atoms with E-state index in [1.807, 2.05) is 25.1 Å². The number of methoxy groups -OCH3 is 1. The average molecular weight is 478 g/mol. The predicted molar refractivity (Wildman–Crippen MR) is 131 cm³/mol. The molecule has 3 aliphatic heterocycles. The highest BCUT2D eigenvalue weighted by Crippen LogP contribution is 2.46. The van der Waals surface area contributed by atoms with Crippen molar-refractivity contribution in [2.24, 2.45) is 5.41 Å². The highest BCUT2D eigenvalue weighted by molar-refractivity contribution is 6.30. The summed E-state index contributed by atoms with van der Waals surface area (Å²) in [6.07, 6.45) is 2.53. The molecule has 0 bridgehead atoms. The summed E-state index contributed by atoms with van der Waals surface area (Å²) in [6, 6.07) is 10.9. The van der Waals surface area contributed by atoms with Crippen molar-refractivity contribution in [3.63, 3.8) is 0 Å². The number of hydrogen-bond donors (Lipinski definition) is 0. The van der Waals surface area contributed by atoms with Crippen LogP contribution in [0.1, 0.15) is 29.9 Å². The summed E-state index contributed by atoms with van der Waals surface area (Å²) in [5.41, 5.74) is 3.70. The molecule has 2 saturated heterocycles. The fraction of sp³-hybridized carbons (Fsp3) is 0.480. The molecular formula is C25H28ClN7O. The monoisotopic (exact) mass is 477 g/mol. The number of benzene rings is 1. The van der Waals surface area contributed by atoms with Crippen molar-refractivity contribution < 1.29 is 4.74 Å². The van der Waals surface area contributed by atoms with Crippen LogP contribution in [0.3, 0.4) is 0 Å². The van der Waals surface area contributed by atoms with E-state index in [4.69, 9.17) is 21.3 Å². The summed E-state index contributed by atoms with van der Waals surface area (Å²) in [7, 11) is 1.71. The molecule has 2 aromatic heterocycles. The second-order valence-electron chi connectivity index (χ2n) is 10.4. The van der Waals surface area contributed by atoms with Crippen LogP contribution in [-0.2, 0) is 13.1 Å². The third-order valence-electron chi connectivity index (χ3n) is 7.66. The van der Waals surface area contributed by atoms with Crippen LogP contribution in [0.5, 0.6) is 5.75 Å². The van der Waals surface area contributed by atoms with E-state index >= 15 is 0 Å². The van der Waals surface area contributed by atoms with Crippen LogP contribution in [0.25, 0.3) is 5.69 Å². The maximum absolute atomic E-state index is 6.39. The van der Waals surface area contributed by atoms with Gasteiger partial charge in [0.1, 0.15) is 0 Å². The van der Waals surface area contributed by atoms with E-state index in [1.165, 1.54) is 18.4 Å². The van der Waals surface area contributed by atoms with E-state index in [9.17, 15) is 0 Å². The summed E-state index contributed by atoms with van der Waals surface area (Å²) < 4.78 is 7.82. The summed E-state index contributed by atoms with van der Waals surface area (Å²) in [5.74, 6) is 3.77. The Morgan fingerprint density at radius 2 is 1.79 bits per heavy atom. The molecule has 1 saturated carbocycles. The highest BCUT2D eigenvalue weighted by Gasteiger charge is 2.54. The van der Waals surface area contributed by atoms with Gasteiger partial charge in [0.15, 0.2) is 17.4 Å². The first-order valence-corrected chi connectivity index (χ1v) is 12.4. The molecule has 0 radical (unpaired) electrons. The van der Waals surface area contributed by atoms with Crippen molar-refractivity contribution in [3.8, 4) is 11.4 Å². The Morgan fingerprint density at radius 1 is 1.00 bits per heavy atom. The number of fused-ring (bicyclic) bond motifs is 3. The van der Waals surface area contributed by atoms with E-state index < -0.39 is 0 Å². The van der Waals surface area contributed by atoms with Gasteiger partial charge in [-0.05, 0) is 55.7 Å². The van der Waals surface area contributed by atoms with Crippen LogP contribution in [0, 0.1) is 12.3 Å². The zero-order valence-electron chi connectivity index (χ0n) is 19.5. The first-order valence-electron chi connectivity index (χ1n) is 12.0. The number of anilines is 2. The quantitative estimate of drug-likeness (QED) is 0.570. The lowest BCUT2D eigenvalue weighted by molar-refractivity contribution is 0.152. The van der Waals surface area contributed by atoms with E-state index in [0.717, 1.165) is 79.0 Å². The van der Waals surface area contributed by atoms with Crippen molar-refractivity contribution in [1.82, 2.24) is 24.6 Å². The predicted octanol–water partition coefficient (Wildman–Crippen LogP) is 3.44. The molecule has 1 aliphatic carbocycles. The van der Waals surface area contributed by atoms with Crippen LogP contribution < -0.4 is 14.5 Å². The lowest BCUT2D eigenvalue weighted by Gasteiger charge is -2.60. The van der Waals surface area contributed by atoms with Gasteiger partial charge in [0.05, 0.1) is 19.3 Å². The topological polar surface area (TPSA) is 62.6 Å². The third kappa shape index (κ3) is 3.19. The molecule has 7 rings (SSSR count). The molecule has 8 nitrogen and oxygen atoms in total. The molecule has 1 aromatic carbocycles. The minimum absolute atomic E-state index is 0.274. The van der Waals surface area contributed by atoms with Gasteiger partial charge in [0, 0.05) is 54.9 Å². The Morgan fingerprint density at radius 3 is 2.56 bits per heavy atom. The lowest BCUT2D eigenvalue weighted by Crippen LogP contribution is -2.73. The van der Waals surface area contributed by atoms with E-state index in [-0.39, 0.29) is 5.41 Å². The molecule has 9 heteroatoms. The second-order valence-corrected chi connectivity index (χ2v) is 10.8.